The lowest BCUT2D eigenvalue weighted by molar-refractivity contribution is -0.535. The number of rotatable bonds is 5. The van der Waals surface area contributed by atoms with Gasteiger partial charge in [-0.3, -0.25) is 0 Å². The van der Waals surface area contributed by atoms with Gasteiger partial charge in [0.25, 0.3) is 6.04 Å². The first-order valence-corrected chi connectivity index (χ1v) is 8.36. The van der Waals surface area contributed by atoms with Crippen LogP contribution in [0.2, 0.25) is 0 Å². The van der Waals surface area contributed by atoms with Gasteiger partial charge in [-0.1, -0.05) is 48.5 Å². The molecule has 6 nitrogen and oxygen atoms in total. The molecule has 0 aromatic heterocycles. The fourth-order valence-corrected chi connectivity index (χ4v) is 3.05. The van der Waals surface area contributed by atoms with Crippen molar-refractivity contribution in [3.05, 3.63) is 66.2 Å². The van der Waals surface area contributed by atoms with E-state index in [1.165, 1.54) is 0 Å². The lowest BCUT2D eigenvalue weighted by atomic mass is 9.85. The van der Waals surface area contributed by atoms with Crippen LogP contribution in [0.15, 0.2) is 60.7 Å². The highest BCUT2D eigenvalue weighted by molar-refractivity contribution is 6.28. The molecular weight excluding hydrogens is 332 g/mol. The Morgan fingerprint density at radius 3 is 2.15 bits per heavy atom. The standard InChI is InChI=1S/C20H19N2O4/c1-22(14-10-6-3-7-11-14)17-18(23)16(19(17)24)21-15(20(25)26)12-13-8-4-2-5-9-13/h2-11,15,18-19H,12H2,1H3,(H,25,26)/q-1/p+1/t15-,18?,19?/m0/s1. The highest BCUT2D eigenvalue weighted by atomic mass is 16.4. The molecule has 3 atom stereocenters. The zero-order chi connectivity index (χ0) is 18.7. The average Bonchev–Trinajstić information content (AvgIpc) is 2.66. The van der Waals surface area contributed by atoms with E-state index in [1.54, 1.807) is 11.6 Å². The molecule has 0 amide bonds. The van der Waals surface area contributed by atoms with Crippen molar-refractivity contribution >= 4 is 23.1 Å². The number of para-hydroxylation sites is 1. The second kappa shape index (κ2) is 7.59. The van der Waals surface area contributed by atoms with Crippen molar-refractivity contribution in [1.29, 1.82) is 0 Å². The molecule has 0 radical (unpaired) electrons. The monoisotopic (exact) mass is 352 g/mol. The van der Waals surface area contributed by atoms with Crippen molar-refractivity contribution in [2.45, 2.75) is 24.7 Å². The minimum absolute atomic E-state index is 0.00823. The molecule has 0 saturated heterocycles. The summed E-state index contributed by atoms with van der Waals surface area (Å²) in [6.45, 7) is 0. The lowest BCUT2D eigenvalue weighted by Crippen LogP contribution is -2.93. The van der Waals surface area contributed by atoms with Crippen LogP contribution in [0.25, 0.3) is 0 Å². The number of carboxylic acid groups (broad SMARTS) is 1. The number of nitrogens with zero attached hydrogens (tertiary/aromatic N) is 1. The molecule has 2 unspecified atom stereocenters. The summed E-state index contributed by atoms with van der Waals surface area (Å²) >= 11 is 0. The second-order valence-corrected chi connectivity index (χ2v) is 6.26. The topological polar surface area (TPSA) is 100 Å². The van der Waals surface area contributed by atoms with Gasteiger partial charge in [0.2, 0.25) is 5.69 Å². The van der Waals surface area contributed by atoms with Crippen LogP contribution in [-0.2, 0) is 11.2 Å². The lowest BCUT2D eigenvalue weighted by Gasteiger charge is -2.41. The first-order chi connectivity index (χ1) is 12.5. The summed E-state index contributed by atoms with van der Waals surface area (Å²) in [5.41, 5.74) is 1.76. The van der Waals surface area contributed by atoms with Crippen LogP contribution in [0.4, 0.5) is 5.69 Å². The summed E-state index contributed by atoms with van der Waals surface area (Å²) in [7, 11) is 1.68. The highest BCUT2D eigenvalue weighted by Gasteiger charge is 2.42. The van der Waals surface area contributed by atoms with Crippen LogP contribution in [0, 0.1) is 0 Å². The van der Waals surface area contributed by atoms with Crippen molar-refractivity contribution in [1.82, 2.24) is 0 Å². The van der Waals surface area contributed by atoms with Gasteiger partial charge in [-0.05, 0) is 5.56 Å². The number of benzene rings is 2. The van der Waals surface area contributed by atoms with Gasteiger partial charge in [0.1, 0.15) is 12.8 Å². The first kappa shape index (κ1) is 18.0. The zero-order valence-corrected chi connectivity index (χ0v) is 14.3. The van der Waals surface area contributed by atoms with Crippen LogP contribution >= 0.6 is 0 Å². The van der Waals surface area contributed by atoms with Crippen LogP contribution in [0.5, 0.6) is 0 Å². The Labute approximate surface area is 151 Å². The normalized spacial score (nSPS) is 20.3. The predicted octanol–water partition coefficient (Wildman–Crippen LogP) is -1.91. The molecule has 0 heterocycles. The van der Waals surface area contributed by atoms with E-state index in [2.05, 4.69) is 4.99 Å². The number of hydrogen-bond acceptors (Lipinski definition) is 3. The van der Waals surface area contributed by atoms with Gasteiger partial charge in [0.05, 0.1) is 0 Å². The maximum atomic E-state index is 12.5. The zero-order valence-electron chi connectivity index (χ0n) is 14.3. The molecule has 0 bridgehead atoms. The smallest absolute Gasteiger partial charge is 0.373 e. The molecule has 1 aliphatic rings. The van der Waals surface area contributed by atoms with Gasteiger partial charge in [-0.2, -0.15) is 0 Å². The van der Waals surface area contributed by atoms with E-state index in [0.717, 1.165) is 11.3 Å². The van der Waals surface area contributed by atoms with Crippen LogP contribution < -0.4 is 15.2 Å². The van der Waals surface area contributed by atoms with E-state index in [4.69, 9.17) is 0 Å². The summed E-state index contributed by atoms with van der Waals surface area (Å²) in [6.07, 6.45) is -2.50. The maximum absolute atomic E-state index is 12.5. The van der Waals surface area contributed by atoms with E-state index in [0.29, 0.717) is 0 Å². The van der Waals surface area contributed by atoms with Gasteiger partial charge in [0.15, 0.2) is 5.71 Å². The number of nitrogens with one attached hydrogen (secondary N) is 1. The van der Waals surface area contributed by atoms with E-state index in [1.807, 2.05) is 60.7 Å². The summed E-state index contributed by atoms with van der Waals surface area (Å²) < 4.78 is 1.59. The van der Waals surface area contributed by atoms with Crippen molar-refractivity contribution in [3.63, 3.8) is 0 Å². The largest absolute Gasteiger partial charge is 0.837 e. The molecule has 1 saturated carbocycles. The predicted molar refractivity (Wildman–Crippen MR) is 92.4 cm³/mol. The molecule has 1 fully saturated rings. The third-order valence-corrected chi connectivity index (χ3v) is 4.55. The molecule has 2 N–H and O–H groups in total. The van der Waals surface area contributed by atoms with Gasteiger partial charge >= 0.3 is 5.97 Å². The maximum Gasteiger partial charge on any atom is 0.373 e. The Morgan fingerprint density at radius 2 is 1.62 bits per heavy atom. The Kier molecular flexibility index (Phi) is 5.25. The second-order valence-electron chi connectivity index (χ2n) is 6.26. The summed E-state index contributed by atoms with van der Waals surface area (Å²) in [6, 6.07) is 17.2. The fraction of sp³-hybridized carbons (Fsp3) is 0.250. The Hall–Kier alpha value is -2.83. The highest BCUT2D eigenvalue weighted by Crippen LogP contribution is 2.15. The number of carboxylic acids is 1. The molecule has 0 aliphatic heterocycles. The van der Waals surface area contributed by atoms with E-state index >= 15 is 0 Å². The summed E-state index contributed by atoms with van der Waals surface area (Å²) in [5.74, 6) is -1.09. The van der Waals surface area contributed by atoms with Crippen molar-refractivity contribution < 1.29 is 29.7 Å². The van der Waals surface area contributed by atoms with Crippen LogP contribution in [-0.4, -0.2) is 52.4 Å². The molecule has 2 aromatic rings. The van der Waals surface area contributed by atoms with Crippen molar-refractivity contribution in [3.8, 4) is 0 Å². The molecule has 134 valence electrons. The number of aliphatic carboxylic acids is 1. The average molecular weight is 352 g/mol. The van der Waals surface area contributed by atoms with Gasteiger partial charge in [-0.25, -0.2) is 14.4 Å². The third kappa shape index (κ3) is 3.56. The van der Waals surface area contributed by atoms with E-state index in [9.17, 15) is 20.1 Å². The Balaban J connectivity index is 1.84. The molecule has 1 aliphatic carbocycles. The summed E-state index contributed by atoms with van der Waals surface area (Å²) in [5, 5.41) is 34.5. The Morgan fingerprint density at radius 1 is 1.08 bits per heavy atom. The van der Waals surface area contributed by atoms with E-state index in [-0.39, 0.29) is 17.8 Å². The molecule has 6 heteroatoms. The number of carbonyl (C=O) groups is 1. The van der Waals surface area contributed by atoms with E-state index < -0.39 is 24.2 Å². The SMILES string of the molecule is C[N+](=C1C([O-])C(=[NH+][C@@H](Cc2ccccc2)C(=O)O)C1[O-])c1ccccc1. The van der Waals surface area contributed by atoms with Gasteiger partial charge in [-0.15, -0.1) is 0 Å². The molecule has 2 aromatic carbocycles. The quantitative estimate of drug-likeness (QED) is 0.613. The van der Waals surface area contributed by atoms with Gasteiger partial charge < -0.3 is 15.3 Å². The minimum Gasteiger partial charge on any atom is -0.837 e. The molecule has 0 spiro atoms. The Bertz CT molecular complexity index is 833. The molecule has 3 rings (SSSR count). The van der Waals surface area contributed by atoms with Crippen molar-refractivity contribution in [2.24, 2.45) is 0 Å². The number of hydrogen-bond donors (Lipinski definition) is 2. The summed E-state index contributed by atoms with van der Waals surface area (Å²) in [4.78, 5) is 14.2. The third-order valence-electron chi connectivity index (χ3n) is 4.55. The minimum atomic E-state index is -1.35. The first-order valence-electron chi connectivity index (χ1n) is 8.36. The van der Waals surface area contributed by atoms with Crippen LogP contribution in [0.1, 0.15) is 5.56 Å². The van der Waals surface area contributed by atoms with Gasteiger partial charge in [0, 0.05) is 30.8 Å². The molecular formula is C20H20N2O4. The van der Waals surface area contributed by atoms with Crippen molar-refractivity contribution in [2.75, 3.05) is 7.05 Å². The molecule has 26 heavy (non-hydrogen) atoms. The van der Waals surface area contributed by atoms with Crippen LogP contribution in [0.3, 0.4) is 0 Å². The fourth-order valence-electron chi connectivity index (χ4n) is 3.05.